The summed E-state index contributed by atoms with van der Waals surface area (Å²) in [6, 6.07) is 11.1. The summed E-state index contributed by atoms with van der Waals surface area (Å²) in [4.78, 5) is 12.8. The van der Waals surface area contributed by atoms with Gasteiger partial charge in [0.05, 0.1) is 19.3 Å². The number of fused-ring (bicyclic) bond motifs is 2. The lowest BCUT2D eigenvalue weighted by Crippen LogP contribution is -2.10. The van der Waals surface area contributed by atoms with Crippen LogP contribution in [0.15, 0.2) is 48.4 Å². The number of rotatable bonds is 7. The van der Waals surface area contributed by atoms with Crippen LogP contribution in [0.5, 0.6) is 11.5 Å². The van der Waals surface area contributed by atoms with Crippen LogP contribution >= 0.6 is 0 Å². The minimum absolute atomic E-state index is 0.0935. The van der Waals surface area contributed by atoms with Gasteiger partial charge in [-0.15, -0.1) is 0 Å². The zero-order chi connectivity index (χ0) is 20.4. The normalized spacial score (nSPS) is 14.4. The third-order valence-corrected chi connectivity index (χ3v) is 5.15. The molecule has 0 saturated heterocycles. The molecule has 0 spiro atoms. The van der Waals surface area contributed by atoms with E-state index in [1.807, 2.05) is 31.4 Å². The van der Waals surface area contributed by atoms with Crippen molar-refractivity contribution in [1.82, 2.24) is 9.88 Å². The van der Waals surface area contributed by atoms with E-state index in [2.05, 4.69) is 9.88 Å². The number of hydrogen-bond acceptors (Lipinski definition) is 5. The lowest BCUT2D eigenvalue weighted by Gasteiger charge is -2.05. The van der Waals surface area contributed by atoms with Gasteiger partial charge in [0.1, 0.15) is 11.5 Å². The van der Waals surface area contributed by atoms with Crippen LogP contribution in [0.4, 0.5) is 0 Å². The molecule has 2 heterocycles. The zero-order valence-corrected chi connectivity index (χ0v) is 16.6. The van der Waals surface area contributed by atoms with Crippen molar-refractivity contribution in [3.8, 4) is 11.5 Å². The molecule has 1 aliphatic rings. The maximum atomic E-state index is 12.8. The number of aliphatic hydroxyl groups is 1. The van der Waals surface area contributed by atoms with Gasteiger partial charge in [-0.05, 0) is 62.0 Å². The van der Waals surface area contributed by atoms with Gasteiger partial charge >= 0.3 is 0 Å². The van der Waals surface area contributed by atoms with E-state index in [1.54, 1.807) is 31.4 Å². The summed E-state index contributed by atoms with van der Waals surface area (Å²) in [6.07, 6.45) is 4.83. The summed E-state index contributed by atoms with van der Waals surface area (Å²) in [5.74, 6) is 1.39. The van der Waals surface area contributed by atoms with Crippen molar-refractivity contribution in [3.05, 3.63) is 65.0 Å². The third kappa shape index (κ3) is 3.64. The zero-order valence-electron chi connectivity index (χ0n) is 16.6. The highest BCUT2D eigenvalue weighted by Gasteiger charge is 2.27. The van der Waals surface area contributed by atoms with E-state index in [1.165, 1.54) is 0 Å². The number of carbonyl (C=O) groups excluding carboxylic acids is 1. The Morgan fingerprint density at radius 2 is 2.10 bits per heavy atom. The van der Waals surface area contributed by atoms with Gasteiger partial charge in [-0.3, -0.25) is 4.79 Å². The Morgan fingerprint density at radius 1 is 1.24 bits per heavy atom. The number of aryl methyl sites for hydroxylation is 1. The molecule has 0 aliphatic carbocycles. The number of allylic oxidation sites excluding steroid dienone is 1. The first-order valence-corrected chi connectivity index (χ1v) is 9.64. The number of nitrogens with one attached hydrogen (secondary N) is 1. The van der Waals surface area contributed by atoms with Crippen molar-refractivity contribution < 1.29 is 19.4 Å². The van der Waals surface area contributed by atoms with E-state index < -0.39 is 0 Å². The van der Waals surface area contributed by atoms with E-state index >= 15 is 0 Å². The second-order valence-electron chi connectivity index (χ2n) is 7.05. The quantitative estimate of drug-likeness (QED) is 0.476. The molecule has 1 aromatic heterocycles. The van der Waals surface area contributed by atoms with Gasteiger partial charge in [0.25, 0.3) is 0 Å². The lowest BCUT2D eigenvalue weighted by molar-refractivity contribution is 0.101. The van der Waals surface area contributed by atoms with Crippen LogP contribution in [0, 0.1) is 0 Å². The Bertz CT molecular complexity index is 1100. The van der Waals surface area contributed by atoms with Crippen LogP contribution in [0.1, 0.15) is 27.9 Å². The number of nitrogens with zero attached hydrogens (tertiary/aromatic N) is 1. The Kier molecular flexibility index (Phi) is 5.38. The first kappa shape index (κ1) is 19.2. The fraction of sp³-hybridized carbons (Fsp3) is 0.261. The molecular formula is C23H24N2O4. The number of methoxy groups -OCH3 is 1. The van der Waals surface area contributed by atoms with E-state index in [4.69, 9.17) is 9.47 Å². The smallest absolute Gasteiger partial charge is 0.231 e. The predicted molar refractivity (Wildman–Crippen MR) is 112 cm³/mol. The molecule has 150 valence electrons. The molecule has 0 amide bonds. The van der Waals surface area contributed by atoms with Crippen LogP contribution in [-0.2, 0) is 13.2 Å². The Balaban J connectivity index is 1.74. The van der Waals surface area contributed by atoms with E-state index in [0.29, 0.717) is 16.9 Å². The van der Waals surface area contributed by atoms with Gasteiger partial charge in [-0.2, -0.15) is 0 Å². The second-order valence-corrected chi connectivity index (χ2v) is 7.05. The fourth-order valence-electron chi connectivity index (χ4n) is 3.63. The van der Waals surface area contributed by atoms with Gasteiger partial charge in [0, 0.05) is 29.2 Å². The van der Waals surface area contributed by atoms with Crippen molar-refractivity contribution in [2.24, 2.45) is 0 Å². The summed E-state index contributed by atoms with van der Waals surface area (Å²) < 4.78 is 13.4. The topological polar surface area (TPSA) is 72.7 Å². The molecular weight excluding hydrogens is 368 g/mol. The molecule has 0 unspecified atom stereocenters. The molecule has 0 radical (unpaired) electrons. The largest absolute Gasteiger partial charge is 0.497 e. The predicted octanol–water partition coefficient (Wildman–Crippen LogP) is 3.37. The number of Topliss-reactive ketones (excluding diaryl/α,β-unsaturated/α-hetero) is 1. The monoisotopic (exact) mass is 392 g/mol. The Morgan fingerprint density at radius 3 is 2.86 bits per heavy atom. The lowest BCUT2D eigenvalue weighted by atomic mass is 10.1. The van der Waals surface area contributed by atoms with Crippen molar-refractivity contribution in [2.75, 3.05) is 20.7 Å². The van der Waals surface area contributed by atoms with Crippen molar-refractivity contribution in [1.29, 1.82) is 0 Å². The second kappa shape index (κ2) is 8.11. The van der Waals surface area contributed by atoms with Crippen molar-refractivity contribution in [3.63, 3.8) is 0 Å². The summed E-state index contributed by atoms with van der Waals surface area (Å²) >= 11 is 0. The summed E-state index contributed by atoms with van der Waals surface area (Å²) in [5.41, 5.74) is 3.22. The van der Waals surface area contributed by atoms with Crippen LogP contribution in [0.25, 0.3) is 17.0 Å². The molecule has 4 rings (SSSR count). The summed E-state index contributed by atoms with van der Waals surface area (Å²) in [7, 11) is 3.58. The highest BCUT2D eigenvalue weighted by atomic mass is 16.5. The number of aromatic nitrogens is 1. The van der Waals surface area contributed by atoms with Gasteiger partial charge in [-0.1, -0.05) is 6.07 Å². The number of carbonyl (C=O) groups is 1. The SMILES string of the molecule is CNCCCn1cc(/C=C2\Oc3cc(CO)ccc3C2=O)c2cc(OC)ccc21. The molecule has 2 N–H and O–H groups in total. The average Bonchev–Trinajstić information content (AvgIpc) is 3.25. The van der Waals surface area contributed by atoms with Crippen LogP contribution < -0.4 is 14.8 Å². The Labute approximate surface area is 169 Å². The van der Waals surface area contributed by atoms with Gasteiger partial charge in [-0.25, -0.2) is 0 Å². The first-order chi connectivity index (χ1) is 14.1. The highest BCUT2D eigenvalue weighted by molar-refractivity contribution is 6.15. The molecule has 1 aliphatic heterocycles. The number of hydrogen-bond donors (Lipinski definition) is 2. The molecule has 6 nitrogen and oxygen atoms in total. The molecule has 29 heavy (non-hydrogen) atoms. The molecule has 2 aromatic carbocycles. The van der Waals surface area contributed by atoms with E-state index in [-0.39, 0.29) is 18.1 Å². The minimum Gasteiger partial charge on any atom is -0.497 e. The summed E-state index contributed by atoms with van der Waals surface area (Å²) in [6.45, 7) is 1.70. The van der Waals surface area contributed by atoms with E-state index in [0.717, 1.165) is 41.7 Å². The van der Waals surface area contributed by atoms with Gasteiger partial charge < -0.3 is 24.5 Å². The maximum absolute atomic E-state index is 12.8. The van der Waals surface area contributed by atoms with Crippen LogP contribution in [-0.4, -0.2) is 36.2 Å². The minimum atomic E-state index is -0.150. The molecule has 0 atom stereocenters. The number of ketones is 1. The summed E-state index contributed by atoms with van der Waals surface area (Å²) in [5, 5.41) is 13.5. The highest BCUT2D eigenvalue weighted by Crippen LogP contribution is 2.34. The van der Waals surface area contributed by atoms with Crippen LogP contribution in [0.3, 0.4) is 0 Å². The van der Waals surface area contributed by atoms with Crippen molar-refractivity contribution >= 4 is 22.8 Å². The number of ether oxygens (including phenoxy) is 2. The van der Waals surface area contributed by atoms with Gasteiger partial charge in [0.15, 0.2) is 5.76 Å². The molecule has 0 bridgehead atoms. The molecule has 0 saturated carbocycles. The van der Waals surface area contributed by atoms with Crippen LogP contribution in [0.2, 0.25) is 0 Å². The average molecular weight is 392 g/mol. The standard InChI is InChI=1S/C23H24N2O4/c1-24-8-3-9-25-13-16(19-12-17(28-2)5-7-20(19)25)11-22-23(27)18-6-4-15(14-26)10-21(18)29-22/h4-7,10-13,24,26H,3,8-9,14H2,1-2H3/b22-11-. The van der Waals surface area contributed by atoms with Crippen molar-refractivity contribution in [2.45, 2.75) is 19.6 Å². The Hall–Kier alpha value is -3.09. The fourth-order valence-corrected chi connectivity index (χ4v) is 3.63. The first-order valence-electron chi connectivity index (χ1n) is 9.64. The number of benzene rings is 2. The number of aliphatic hydroxyl groups excluding tert-OH is 1. The van der Waals surface area contributed by atoms with E-state index in [9.17, 15) is 9.90 Å². The molecule has 6 heteroatoms. The third-order valence-electron chi connectivity index (χ3n) is 5.15. The maximum Gasteiger partial charge on any atom is 0.231 e. The molecule has 0 fully saturated rings. The molecule has 3 aromatic rings. The van der Waals surface area contributed by atoms with Gasteiger partial charge in [0.2, 0.25) is 5.78 Å².